The van der Waals surface area contributed by atoms with Gasteiger partial charge in [-0.25, -0.2) is 9.37 Å². The minimum absolute atomic E-state index is 0.164. The van der Waals surface area contributed by atoms with Gasteiger partial charge in [0.25, 0.3) is 0 Å². The molecule has 0 saturated carbocycles. The van der Waals surface area contributed by atoms with Crippen LogP contribution in [0.2, 0.25) is 0 Å². The van der Waals surface area contributed by atoms with Crippen LogP contribution in [0.4, 0.5) is 4.39 Å². The van der Waals surface area contributed by atoms with Crippen LogP contribution in [0.25, 0.3) is 0 Å². The molecule has 5 heteroatoms. The Morgan fingerprint density at radius 3 is 2.65 bits per heavy atom. The second-order valence-electron chi connectivity index (χ2n) is 4.77. The quantitative estimate of drug-likeness (QED) is 0.848. The summed E-state index contributed by atoms with van der Waals surface area (Å²) >= 11 is 0. The molecule has 1 N–H and O–H groups in total. The van der Waals surface area contributed by atoms with Gasteiger partial charge in [-0.05, 0) is 34.0 Å². The first kappa shape index (κ1) is 13.9. The topological polar surface area (TPSA) is 45.6 Å². The van der Waals surface area contributed by atoms with Crippen LogP contribution >= 0.6 is 0 Å². The summed E-state index contributed by atoms with van der Waals surface area (Å²) in [5.41, 5.74) is 0.197. The fourth-order valence-corrected chi connectivity index (χ4v) is 1.09. The van der Waals surface area contributed by atoms with Crippen LogP contribution in [0, 0.1) is 5.82 Å². The summed E-state index contributed by atoms with van der Waals surface area (Å²) in [6.45, 7) is 4.17. The number of likely N-dealkylation sites (N-methyl/N-ethyl adjacent to an activating group) is 1. The average Bonchev–Trinajstić information content (AvgIpc) is 2.27. The van der Waals surface area contributed by atoms with Crippen LogP contribution < -0.4 is 4.74 Å². The molecule has 0 radical (unpaired) electrons. The molecule has 0 aliphatic rings. The van der Waals surface area contributed by atoms with Crippen molar-refractivity contribution in [3.63, 3.8) is 0 Å². The smallest absolute Gasteiger partial charge is 0.219 e. The van der Waals surface area contributed by atoms with Gasteiger partial charge in [-0.2, -0.15) is 0 Å². The standard InChI is InChI=1S/C12H19FN2O2/c1-12(2,15(3)4)8-17-11-9(7-16)5-10(13)6-14-11/h5-6,16H,7-8H2,1-4H3. The van der Waals surface area contributed by atoms with Crippen molar-refractivity contribution in [2.75, 3.05) is 20.7 Å². The predicted molar refractivity (Wildman–Crippen MR) is 63.4 cm³/mol. The van der Waals surface area contributed by atoms with Crippen molar-refractivity contribution in [1.29, 1.82) is 0 Å². The molecule has 0 aliphatic heterocycles. The Morgan fingerprint density at radius 2 is 2.12 bits per heavy atom. The summed E-state index contributed by atoms with van der Waals surface area (Å²) in [5, 5.41) is 9.08. The summed E-state index contributed by atoms with van der Waals surface area (Å²) < 4.78 is 18.4. The Kier molecular flexibility index (Phi) is 4.42. The maximum atomic E-state index is 12.9. The minimum atomic E-state index is -0.478. The third-order valence-electron chi connectivity index (χ3n) is 2.84. The van der Waals surface area contributed by atoms with Crippen LogP contribution in [-0.4, -0.2) is 41.2 Å². The molecule has 0 saturated heterocycles. The molecule has 0 unspecified atom stereocenters. The number of rotatable bonds is 5. The highest BCUT2D eigenvalue weighted by molar-refractivity contribution is 5.25. The van der Waals surface area contributed by atoms with Crippen LogP contribution in [0.3, 0.4) is 0 Å². The van der Waals surface area contributed by atoms with Crippen molar-refractivity contribution in [3.8, 4) is 5.88 Å². The third kappa shape index (κ3) is 3.64. The molecule has 1 heterocycles. The number of hydrogen-bond acceptors (Lipinski definition) is 4. The number of halogens is 1. The van der Waals surface area contributed by atoms with Crippen LogP contribution in [-0.2, 0) is 6.61 Å². The highest BCUT2D eigenvalue weighted by Gasteiger charge is 2.22. The van der Waals surface area contributed by atoms with Gasteiger partial charge in [0.15, 0.2) is 0 Å². The highest BCUT2D eigenvalue weighted by Crippen LogP contribution is 2.19. The summed E-state index contributed by atoms with van der Waals surface area (Å²) in [7, 11) is 3.91. The van der Waals surface area contributed by atoms with Crippen LogP contribution in [0.15, 0.2) is 12.3 Å². The molecular weight excluding hydrogens is 223 g/mol. The molecule has 96 valence electrons. The van der Waals surface area contributed by atoms with Gasteiger partial charge in [-0.1, -0.05) is 0 Å². The fourth-order valence-electron chi connectivity index (χ4n) is 1.09. The Morgan fingerprint density at radius 1 is 1.47 bits per heavy atom. The van der Waals surface area contributed by atoms with E-state index in [0.717, 1.165) is 6.20 Å². The number of pyridine rings is 1. The molecule has 0 amide bonds. The molecule has 0 bridgehead atoms. The first-order valence-electron chi connectivity index (χ1n) is 5.42. The van der Waals surface area contributed by atoms with Gasteiger partial charge < -0.3 is 14.7 Å². The van der Waals surface area contributed by atoms with Gasteiger partial charge in [0.2, 0.25) is 5.88 Å². The van der Waals surface area contributed by atoms with E-state index in [1.807, 2.05) is 32.8 Å². The zero-order valence-corrected chi connectivity index (χ0v) is 10.7. The number of aliphatic hydroxyl groups is 1. The molecule has 0 fully saturated rings. The largest absolute Gasteiger partial charge is 0.475 e. The molecular formula is C12H19FN2O2. The van der Waals surface area contributed by atoms with Gasteiger partial charge in [-0.15, -0.1) is 0 Å². The van der Waals surface area contributed by atoms with Gasteiger partial charge >= 0.3 is 0 Å². The van der Waals surface area contributed by atoms with E-state index >= 15 is 0 Å². The number of ether oxygens (including phenoxy) is 1. The predicted octanol–water partition coefficient (Wildman–Crippen LogP) is 1.43. The fraction of sp³-hybridized carbons (Fsp3) is 0.583. The van der Waals surface area contributed by atoms with E-state index in [1.165, 1.54) is 6.07 Å². The third-order valence-corrected chi connectivity index (χ3v) is 2.84. The van der Waals surface area contributed by atoms with E-state index in [2.05, 4.69) is 4.98 Å². The molecule has 4 nitrogen and oxygen atoms in total. The Balaban J connectivity index is 2.76. The molecule has 0 atom stereocenters. The second kappa shape index (κ2) is 5.42. The summed E-state index contributed by atoms with van der Waals surface area (Å²) in [5.74, 6) is -0.197. The van der Waals surface area contributed by atoms with Crippen molar-refractivity contribution >= 4 is 0 Å². The lowest BCUT2D eigenvalue weighted by molar-refractivity contribution is 0.109. The van der Waals surface area contributed by atoms with Crippen molar-refractivity contribution in [1.82, 2.24) is 9.88 Å². The van der Waals surface area contributed by atoms with E-state index in [9.17, 15) is 4.39 Å². The SMILES string of the molecule is CN(C)C(C)(C)COc1ncc(F)cc1CO. The molecule has 1 aromatic heterocycles. The Hall–Kier alpha value is -1.20. The van der Waals surface area contributed by atoms with Crippen LogP contribution in [0.1, 0.15) is 19.4 Å². The normalized spacial score (nSPS) is 11.9. The van der Waals surface area contributed by atoms with E-state index in [0.29, 0.717) is 12.2 Å². The molecule has 1 rings (SSSR count). The van der Waals surface area contributed by atoms with Crippen molar-refractivity contribution < 1.29 is 14.2 Å². The monoisotopic (exact) mass is 242 g/mol. The average molecular weight is 242 g/mol. The number of aromatic nitrogens is 1. The number of hydrogen-bond donors (Lipinski definition) is 1. The molecule has 0 aliphatic carbocycles. The second-order valence-corrected chi connectivity index (χ2v) is 4.77. The molecule has 0 spiro atoms. The summed E-state index contributed by atoms with van der Waals surface area (Å²) in [4.78, 5) is 5.86. The minimum Gasteiger partial charge on any atom is -0.475 e. The maximum absolute atomic E-state index is 12.9. The zero-order chi connectivity index (χ0) is 13.1. The lowest BCUT2D eigenvalue weighted by atomic mass is 10.1. The number of aliphatic hydroxyl groups excluding tert-OH is 1. The van der Waals surface area contributed by atoms with Gasteiger partial charge in [0, 0.05) is 11.1 Å². The Bertz CT molecular complexity index is 381. The first-order chi connectivity index (χ1) is 7.86. The number of nitrogens with zero attached hydrogens (tertiary/aromatic N) is 2. The van der Waals surface area contributed by atoms with Crippen LogP contribution in [0.5, 0.6) is 5.88 Å². The zero-order valence-electron chi connectivity index (χ0n) is 10.7. The van der Waals surface area contributed by atoms with Crippen molar-refractivity contribution in [2.45, 2.75) is 26.0 Å². The van der Waals surface area contributed by atoms with E-state index in [-0.39, 0.29) is 18.0 Å². The van der Waals surface area contributed by atoms with E-state index < -0.39 is 5.82 Å². The van der Waals surface area contributed by atoms with Crippen molar-refractivity contribution in [2.24, 2.45) is 0 Å². The van der Waals surface area contributed by atoms with Gasteiger partial charge in [0.1, 0.15) is 12.4 Å². The first-order valence-corrected chi connectivity index (χ1v) is 5.42. The maximum Gasteiger partial charge on any atom is 0.219 e. The van der Waals surface area contributed by atoms with Gasteiger partial charge in [-0.3, -0.25) is 0 Å². The van der Waals surface area contributed by atoms with E-state index in [4.69, 9.17) is 9.84 Å². The van der Waals surface area contributed by atoms with E-state index in [1.54, 1.807) is 0 Å². The summed E-state index contributed by atoms with van der Waals surface area (Å²) in [6.07, 6.45) is 1.08. The lowest BCUT2D eigenvalue weighted by Crippen LogP contribution is -2.43. The molecule has 17 heavy (non-hydrogen) atoms. The molecule has 0 aromatic carbocycles. The summed E-state index contributed by atoms with van der Waals surface area (Å²) in [6, 6.07) is 1.23. The Labute approximate surface area is 101 Å². The molecule has 1 aromatic rings. The lowest BCUT2D eigenvalue weighted by Gasteiger charge is -2.32. The highest BCUT2D eigenvalue weighted by atomic mass is 19.1. The van der Waals surface area contributed by atoms with Gasteiger partial charge in [0.05, 0.1) is 12.8 Å². The van der Waals surface area contributed by atoms with Crippen molar-refractivity contribution in [3.05, 3.63) is 23.6 Å².